The van der Waals surface area contributed by atoms with Crippen LogP contribution < -0.4 is 10.1 Å². The van der Waals surface area contributed by atoms with Crippen LogP contribution in [0.2, 0.25) is 0 Å². The van der Waals surface area contributed by atoms with Crippen molar-refractivity contribution < 1.29 is 14.3 Å². The molecule has 0 spiro atoms. The number of nitriles is 1. The van der Waals surface area contributed by atoms with Crippen LogP contribution in [0.4, 0.5) is 5.69 Å². The number of thioether (sulfide) groups is 1. The number of rotatable bonds is 7. The standard InChI is InChI=1S/C18H19N3O3S/c1-12-8-13(10-23-2)14(9-19)18(20-12)25-11-17(22)21-15-6-4-5-7-16(15)24-3/h4-8H,10-11H2,1-3H3,(H,21,22). The lowest BCUT2D eigenvalue weighted by atomic mass is 10.1. The van der Waals surface area contributed by atoms with Gasteiger partial charge in [0, 0.05) is 12.8 Å². The molecule has 1 amide bonds. The highest BCUT2D eigenvalue weighted by Crippen LogP contribution is 2.26. The van der Waals surface area contributed by atoms with E-state index in [1.807, 2.05) is 25.1 Å². The Balaban J connectivity index is 2.10. The number of nitrogens with one attached hydrogen (secondary N) is 1. The van der Waals surface area contributed by atoms with Gasteiger partial charge in [0.25, 0.3) is 0 Å². The van der Waals surface area contributed by atoms with Crippen LogP contribution in [-0.4, -0.2) is 30.9 Å². The number of hydrogen-bond acceptors (Lipinski definition) is 6. The Bertz CT molecular complexity index is 803. The van der Waals surface area contributed by atoms with Crippen molar-refractivity contribution in [2.24, 2.45) is 0 Å². The maximum absolute atomic E-state index is 12.2. The largest absolute Gasteiger partial charge is 0.495 e. The minimum absolute atomic E-state index is 0.135. The Kier molecular flexibility index (Phi) is 6.81. The first-order valence-corrected chi connectivity index (χ1v) is 8.52. The molecule has 1 heterocycles. The minimum Gasteiger partial charge on any atom is -0.495 e. The SMILES string of the molecule is COCc1cc(C)nc(SCC(=O)Nc2ccccc2OC)c1C#N. The third-order valence-electron chi connectivity index (χ3n) is 3.33. The van der Waals surface area contributed by atoms with Crippen molar-refractivity contribution in [3.05, 3.63) is 47.2 Å². The molecular weight excluding hydrogens is 338 g/mol. The van der Waals surface area contributed by atoms with E-state index in [4.69, 9.17) is 9.47 Å². The predicted octanol–water partition coefficient (Wildman–Crippen LogP) is 3.15. The summed E-state index contributed by atoms with van der Waals surface area (Å²) in [6.45, 7) is 2.17. The van der Waals surface area contributed by atoms with E-state index in [2.05, 4.69) is 16.4 Å². The van der Waals surface area contributed by atoms with E-state index in [1.165, 1.54) is 11.8 Å². The molecule has 1 aromatic heterocycles. The Hall–Kier alpha value is -2.56. The number of pyridine rings is 1. The summed E-state index contributed by atoms with van der Waals surface area (Å²) in [6, 6.07) is 11.2. The second-order valence-electron chi connectivity index (χ2n) is 5.18. The first kappa shape index (κ1) is 18.8. The lowest BCUT2D eigenvalue weighted by Gasteiger charge is -2.11. The fourth-order valence-electron chi connectivity index (χ4n) is 2.27. The molecule has 2 rings (SSSR count). The molecule has 1 N–H and O–H groups in total. The normalized spacial score (nSPS) is 10.2. The monoisotopic (exact) mass is 357 g/mol. The molecule has 0 saturated heterocycles. The number of para-hydroxylation sites is 2. The Morgan fingerprint density at radius 3 is 2.80 bits per heavy atom. The smallest absolute Gasteiger partial charge is 0.234 e. The maximum atomic E-state index is 12.2. The zero-order chi connectivity index (χ0) is 18.2. The third-order valence-corrected chi connectivity index (χ3v) is 4.30. The van der Waals surface area contributed by atoms with Gasteiger partial charge in [0.15, 0.2) is 0 Å². The number of aryl methyl sites for hydroxylation is 1. The van der Waals surface area contributed by atoms with Crippen LogP contribution in [0.15, 0.2) is 35.4 Å². The van der Waals surface area contributed by atoms with Crippen LogP contribution in [0.5, 0.6) is 5.75 Å². The van der Waals surface area contributed by atoms with E-state index in [-0.39, 0.29) is 11.7 Å². The van der Waals surface area contributed by atoms with Gasteiger partial charge in [-0.05, 0) is 30.7 Å². The fraction of sp³-hybridized carbons (Fsp3) is 0.278. The summed E-state index contributed by atoms with van der Waals surface area (Å²) in [4.78, 5) is 16.6. The minimum atomic E-state index is -0.199. The van der Waals surface area contributed by atoms with E-state index < -0.39 is 0 Å². The van der Waals surface area contributed by atoms with E-state index in [9.17, 15) is 10.1 Å². The molecule has 0 unspecified atom stereocenters. The molecule has 7 heteroatoms. The molecule has 0 atom stereocenters. The number of ether oxygens (including phenoxy) is 2. The van der Waals surface area contributed by atoms with Gasteiger partial charge < -0.3 is 14.8 Å². The molecule has 1 aromatic carbocycles. The van der Waals surface area contributed by atoms with Crippen molar-refractivity contribution >= 4 is 23.4 Å². The molecule has 0 saturated carbocycles. The summed E-state index contributed by atoms with van der Waals surface area (Å²) in [5.41, 5.74) is 2.60. The number of aromatic nitrogens is 1. The van der Waals surface area contributed by atoms with Crippen molar-refractivity contribution in [3.8, 4) is 11.8 Å². The van der Waals surface area contributed by atoms with Crippen LogP contribution in [0.3, 0.4) is 0 Å². The van der Waals surface area contributed by atoms with E-state index >= 15 is 0 Å². The van der Waals surface area contributed by atoms with Crippen LogP contribution >= 0.6 is 11.8 Å². The molecule has 6 nitrogen and oxygen atoms in total. The van der Waals surface area contributed by atoms with Gasteiger partial charge in [0.05, 0.1) is 30.7 Å². The Labute approximate surface area is 151 Å². The third kappa shape index (κ3) is 4.95. The summed E-state index contributed by atoms with van der Waals surface area (Å²) >= 11 is 1.22. The summed E-state index contributed by atoms with van der Waals surface area (Å²) in [5, 5.41) is 12.7. The molecule has 25 heavy (non-hydrogen) atoms. The van der Waals surface area contributed by atoms with Crippen molar-refractivity contribution in [2.45, 2.75) is 18.6 Å². The van der Waals surface area contributed by atoms with Gasteiger partial charge in [-0.25, -0.2) is 4.98 Å². The molecule has 2 aromatic rings. The number of amides is 1. The first-order chi connectivity index (χ1) is 12.1. The number of benzene rings is 1. The summed E-state index contributed by atoms with van der Waals surface area (Å²) < 4.78 is 10.3. The highest BCUT2D eigenvalue weighted by molar-refractivity contribution is 8.00. The molecule has 0 aliphatic carbocycles. The molecule has 130 valence electrons. The molecular formula is C18H19N3O3S. The number of carbonyl (C=O) groups excluding carboxylic acids is 1. The molecule has 0 aliphatic heterocycles. The van der Waals surface area contributed by atoms with Gasteiger partial charge >= 0.3 is 0 Å². The second kappa shape index (κ2) is 9.06. The average molecular weight is 357 g/mol. The van der Waals surface area contributed by atoms with Gasteiger partial charge in [-0.15, -0.1) is 0 Å². The zero-order valence-corrected chi connectivity index (χ0v) is 15.1. The summed E-state index contributed by atoms with van der Waals surface area (Å²) in [7, 11) is 3.12. The number of anilines is 1. The van der Waals surface area contributed by atoms with Crippen LogP contribution in [0.1, 0.15) is 16.8 Å². The highest BCUT2D eigenvalue weighted by Gasteiger charge is 2.14. The Morgan fingerprint density at radius 1 is 1.36 bits per heavy atom. The summed E-state index contributed by atoms with van der Waals surface area (Å²) in [5.74, 6) is 0.528. The number of carbonyl (C=O) groups is 1. The van der Waals surface area contributed by atoms with Crippen molar-refractivity contribution in [3.63, 3.8) is 0 Å². The van der Waals surface area contributed by atoms with E-state index in [0.29, 0.717) is 28.6 Å². The van der Waals surface area contributed by atoms with Gasteiger partial charge in [0.1, 0.15) is 16.8 Å². The average Bonchev–Trinajstić information content (AvgIpc) is 2.60. The number of nitrogens with zero attached hydrogens (tertiary/aromatic N) is 2. The maximum Gasteiger partial charge on any atom is 0.234 e. The Morgan fingerprint density at radius 2 is 2.12 bits per heavy atom. The molecule has 0 bridgehead atoms. The van der Waals surface area contributed by atoms with Crippen molar-refractivity contribution in [2.75, 3.05) is 25.3 Å². The van der Waals surface area contributed by atoms with E-state index in [0.717, 1.165) is 11.3 Å². The number of methoxy groups -OCH3 is 2. The second-order valence-corrected chi connectivity index (χ2v) is 6.15. The lowest BCUT2D eigenvalue weighted by molar-refractivity contribution is -0.113. The summed E-state index contributed by atoms with van der Waals surface area (Å²) in [6.07, 6.45) is 0. The van der Waals surface area contributed by atoms with Gasteiger partial charge in [-0.1, -0.05) is 23.9 Å². The zero-order valence-electron chi connectivity index (χ0n) is 14.3. The van der Waals surface area contributed by atoms with Crippen LogP contribution in [0, 0.1) is 18.3 Å². The van der Waals surface area contributed by atoms with Gasteiger partial charge in [0.2, 0.25) is 5.91 Å². The first-order valence-electron chi connectivity index (χ1n) is 7.54. The van der Waals surface area contributed by atoms with Crippen molar-refractivity contribution in [1.82, 2.24) is 4.98 Å². The van der Waals surface area contributed by atoms with Crippen molar-refractivity contribution in [1.29, 1.82) is 5.26 Å². The molecule has 0 aliphatic rings. The van der Waals surface area contributed by atoms with Gasteiger partial charge in [-0.3, -0.25) is 4.79 Å². The molecule has 0 radical (unpaired) electrons. The molecule has 0 fully saturated rings. The quantitative estimate of drug-likeness (QED) is 0.766. The van der Waals surface area contributed by atoms with E-state index in [1.54, 1.807) is 26.4 Å². The topological polar surface area (TPSA) is 84.2 Å². The van der Waals surface area contributed by atoms with Crippen LogP contribution in [0.25, 0.3) is 0 Å². The lowest BCUT2D eigenvalue weighted by Crippen LogP contribution is -2.15. The number of hydrogen-bond donors (Lipinski definition) is 1. The highest BCUT2D eigenvalue weighted by atomic mass is 32.2. The van der Waals surface area contributed by atoms with Crippen LogP contribution in [-0.2, 0) is 16.1 Å². The predicted molar refractivity (Wildman–Crippen MR) is 96.7 cm³/mol. The fourth-order valence-corrected chi connectivity index (χ4v) is 3.14. The van der Waals surface area contributed by atoms with Gasteiger partial charge in [-0.2, -0.15) is 5.26 Å².